The molecule has 2 aromatic rings. The second kappa shape index (κ2) is 5.47. The lowest BCUT2D eigenvalue weighted by Gasteiger charge is -2.07. The molecule has 0 saturated carbocycles. The van der Waals surface area contributed by atoms with E-state index in [1.165, 1.54) is 17.8 Å². The first-order chi connectivity index (χ1) is 8.20. The number of hydrogen-bond donors (Lipinski definition) is 1. The Hall–Kier alpha value is -1.13. The Morgan fingerprint density at radius 2 is 1.82 bits per heavy atom. The Labute approximate surface area is 109 Å². The maximum atomic E-state index is 13.5. The number of rotatable bonds is 3. The molecule has 0 aromatic heterocycles. The molecule has 0 aliphatic rings. The van der Waals surface area contributed by atoms with E-state index in [1.54, 1.807) is 23.9 Å². The van der Waals surface area contributed by atoms with E-state index in [9.17, 15) is 4.39 Å². The van der Waals surface area contributed by atoms with E-state index in [2.05, 4.69) is 0 Å². The third-order valence-corrected chi connectivity index (χ3v) is 4.14. The summed E-state index contributed by atoms with van der Waals surface area (Å²) in [6.07, 6.45) is 2.00. The zero-order valence-electron chi connectivity index (χ0n) is 9.31. The van der Waals surface area contributed by atoms with E-state index in [0.717, 1.165) is 9.79 Å². The van der Waals surface area contributed by atoms with Crippen molar-refractivity contribution in [2.24, 2.45) is 0 Å². The highest BCUT2D eigenvalue weighted by Crippen LogP contribution is 2.35. The van der Waals surface area contributed by atoms with Gasteiger partial charge in [0.25, 0.3) is 0 Å². The predicted molar refractivity (Wildman–Crippen MR) is 73.2 cm³/mol. The van der Waals surface area contributed by atoms with Gasteiger partial charge in [-0.15, -0.1) is 11.8 Å². The molecule has 0 saturated heterocycles. The van der Waals surface area contributed by atoms with Crippen molar-refractivity contribution in [1.82, 2.24) is 0 Å². The van der Waals surface area contributed by atoms with Crippen molar-refractivity contribution in [3.8, 4) is 0 Å². The average Bonchev–Trinajstić information content (AvgIpc) is 2.34. The number of halogens is 1. The Morgan fingerprint density at radius 3 is 2.47 bits per heavy atom. The van der Waals surface area contributed by atoms with Crippen molar-refractivity contribution in [2.75, 3.05) is 12.0 Å². The largest absolute Gasteiger partial charge is 0.398 e. The minimum absolute atomic E-state index is 0.217. The van der Waals surface area contributed by atoms with Gasteiger partial charge in [-0.25, -0.2) is 4.39 Å². The number of hydrogen-bond acceptors (Lipinski definition) is 3. The molecule has 0 unspecified atom stereocenters. The van der Waals surface area contributed by atoms with Crippen LogP contribution in [0.25, 0.3) is 0 Å². The normalized spacial score (nSPS) is 10.5. The zero-order chi connectivity index (χ0) is 12.3. The summed E-state index contributed by atoms with van der Waals surface area (Å²) in [6, 6.07) is 12.5. The summed E-state index contributed by atoms with van der Waals surface area (Å²) in [5, 5.41) is 0. The zero-order valence-corrected chi connectivity index (χ0v) is 10.9. The van der Waals surface area contributed by atoms with Crippen LogP contribution in [-0.2, 0) is 0 Å². The first-order valence-electron chi connectivity index (χ1n) is 5.06. The Balaban J connectivity index is 2.28. The van der Waals surface area contributed by atoms with Gasteiger partial charge in [0.05, 0.1) is 0 Å². The third-order valence-electron chi connectivity index (χ3n) is 2.27. The predicted octanol–water partition coefficient (Wildman–Crippen LogP) is 4.28. The van der Waals surface area contributed by atoms with Crippen LogP contribution in [0.3, 0.4) is 0 Å². The molecule has 1 nitrogen and oxygen atoms in total. The smallest absolute Gasteiger partial charge is 0.137 e. The van der Waals surface area contributed by atoms with Crippen LogP contribution in [0, 0.1) is 5.82 Å². The fourth-order valence-corrected chi connectivity index (χ4v) is 2.70. The van der Waals surface area contributed by atoms with Gasteiger partial charge in [-0.1, -0.05) is 23.9 Å². The molecule has 0 amide bonds. The molecule has 2 N–H and O–H groups in total. The van der Waals surface area contributed by atoms with Gasteiger partial charge in [0, 0.05) is 20.4 Å². The summed E-state index contributed by atoms with van der Waals surface area (Å²) in [6.45, 7) is 0. The van der Waals surface area contributed by atoms with E-state index < -0.39 is 0 Å². The molecular formula is C13H12FNS2. The van der Waals surface area contributed by atoms with Gasteiger partial charge in [-0.3, -0.25) is 0 Å². The van der Waals surface area contributed by atoms with Crippen molar-refractivity contribution < 1.29 is 4.39 Å². The summed E-state index contributed by atoms with van der Waals surface area (Å²) in [5.74, 6) is -0.217. The van der Waals surface area contributed by atoms with Gasteiger partial charge < -0.3 is 5.73 Å². The Kier molecular flexibility index (Phi) is 3.97. The number of benzene rings is 2. The van der Waals surface area contributed by atoms with Crippen molar-refractivity contribution in [1.29, 1.82) is 0 Å². The molecular weight excluding hydrogens is 253 g/mol. The van der Waals surface area contributed by atoms with E-state index in [1.807, 2.05) is 30.5 Å². The second-order valence-corrected chi connectivity index (χ2v) is 5.40. The fourth-order valence-electron chi connectivity index (χ4n) is 1.39. The quantitative estimate of drug-likeness (QED) is 0.662. The van der Waals surface area contributed by atoms with Crippen LogP contribution in [0.1, 0.15) is 0 Å². The average molecular weight is 265 g/mol. The van der Waals surface area contributed by atoms with Crippen LogP contribution in [0.5, 0.6) is 0 Å². The fraction of sp³-hybridized carbons (Fsp3) is 0.0769. The van der Waals surface area contributed by atoms with Gasteiger partial charge in [0.1, 0.15) is 5.82 Å². The highest BCUT2D eigenvalue weighted by Gasteiger charge is 2.06. The molecule has 2 rings (SSSR count). The van der Waals surface area contributed by atoms with Crippen LogP contribution in [0.4, 0.5) is 10.1 Å². The topological polar surface area (TPSA) is 26.0 Å². The summed E-state index contributed by atoms with van der Waals surface area (Å²) in [5.41, 5.74) is 6.62. The SMILES string of the molecule is CSc1ccc(Sc2ccccc2F)c(N)c1. The lowest BCUT2D eigenvalue weighted by Crippen LogP contribution is -1.89. The summed E-state index contributed by atoms with van der Waals surface area (Å²) < 4.78 is 13.5. The molecule has 88 valence electrons. The van der Waals surface area contributed by atoms with Crippen LogP contribution in [0.15, 0.2) is 57.2 Å². The van der Waals surface area contributed by atoms with E-state index in [0.29, 0.717) is 10.6 Å². The molecule has 0 radical (unpaired) electrons. The summed E-state index contributed by atoms with van der Waals surface area (Å²) in [4.78, 5) is 2.59. The van der Waals surface area contributed by atoms with Gasteiger partial charge in [-0.05, 0) is 36.6 Å². The lowest BCUT2D eigenvalue weighted by atomic mass is 10.3. The molecule has 0 aliphatic carbocycles. The van der Waals surface area contributed by atoms with Gasteiger partial charge >= 0.3 is 0 Å². The minimum atomic E-state index is -0.217. The Morgan fingerprint density at radius 1 is 1.06 bits per heavy atom. The first kappa shape index (κ1) is 12.3. The number of nitrogens with two attached hydrogens (primary N) is 1. The monoisotopic (exact) mass is 265 g/mol. The van der Waals surface area contributed by atoms with E-state index in [4.69, 9.17) is 5.73 Å². The maximum Gasteiger partial charge on any atom is 0.137 e. The number of nitrogen functional groups attached to an aromatic ring is 1. The number of anilines is 1. The van der Waals surface area contributed by atoms with Gasteiger partial charge in [0.2, 0.25) is 0 Å². The third kappa shape index (κ3) is 2.96. The van der Waals surface area contributed by atoms with Crippen molar-refractivity contribution >= 4 is 29.2 Å². The van der Waals surface area contributed by atoms with E-state index in [-0.39, 0.29) is 5.82 Å². The Bertz CT molecular complexity index is 529. The summed E-state index contributed by atoms with van der Waals surface area (Å²) >= 11 is 2.99. The van der Waals surface area contributed by atoms with Crippen molar-refractivity contribution in [3.05, 3.63) is 48.3 Å². The molecule has 0 spiro atoms. The van der Waals surface area contributed by atoms with Crippen molar-refractivity contribution in [2.45, 2.75) is 14.7 Å². The van der Waals surface area contributed by atoms with Crippen LogP contribution in [0.2, 0.25) is 0 Å². The molecule has 0 atom stereocenters. The van der Waals surface area contributed by atoms with Crippen LogP contribution in [-0.4, -0.2) is 6.26 Å². The summed E-state index contributed by atoms with van der Waals surface area (Å²) in [7, 11) is 0. The highest BCUT2D eigenvalue weighted by atomic mass is 32.2. The highest BCUT2D eigenvalue weighted by molar-refractivity contribution is 7.99. The molecule has 2 aromatic carbocycles. The maximum absolute atomic E-state index is 13.5. The van der Waals surface area contributed by atoms with Crippen LogP contribution < -0.4 is 5.73 Å². The molecule has 4 heteroatoms. The molecule has 0 heterocycles. The first-order valence-corrected chi connectivity index (χ1v) is 7.10. The molecule has 0 bridgehead atoms. The molecule has 17 heavy (non-hydrogen) atoms. The molecule has 0 aliphatic heterocycles. The number of thioether (sulfide) groups is 1. The van der Waals surface area contributed by atoms with Gasteiger partial charge in [-0.2, -0.15) is 0 Å². The van der Waals surface area contributed by atoms with Gasteiger partial charge in [0.15, 0.2) is 0 Å². The standard InChI is InChI=1S/C13H12FNS2/c1-16-9-6-7-13(11(15)8-9)17-12-5-3-2-4-10(12)14/h2-8H,15H2,1H3. The van der Waals surface area contributed by atoms with Crippen molar-refractivity contribution in [3.63, 3.8) is 0 Å². The molecule has 0 fully saturated rings. The van der Waals surface area contributed by atoms with Crippen LogP contribution >= 0.6 is 23.5 Å². The lowest BCUT2D eigenvalue weighted by molar-refractivity contribution is 0.602. The minimum Gasteiger partial charge on any atom is -0.398 e. The van der Waals surface area contributed by atoms with E-state index >= 15 is 0 Å². The second-order valence-electron chi connectivity index (χ2n) is 3.44.